The highest BCUT2D eigenvalue weighted by Gasteiger charge is 2.58. The number of aliphatic hydroxyl groups excluding tert-OH is 18. The summed E-state index contributed by atoms with van der Waals surface area (Å²) in [5, 5.41) is 196. The zero-order chi connectivity index (χ0) is 48.0. The van der Waals surface area contributed by atoms with Crippen LogP contribution in [0.5, 0.6) is 0 Å². The average Bonchev–Trinajstić information content (AvgIpc) is 3.31. The van der Waals surface area contributed by atoms with Gasteiger partial charge in [0.15, 0.2) is 37.7 Å². The van der Waals surface area contributed by atoms with Gasteiger partial charge in [0.05, 0.1) is 39.6 Å². The topological polar surface area (TPSA) is 475 Å². The van der Waals surface area contributed by atoms with Gasteiger partial charge in [-0.05, 0) is 0 Å². The summed E-state index contributed by atoms with van der Waals surface area (Å²) >= 11 is 0. The second-order valence-electron chi connectivity index (χ2n) is 16.8. The third-order valence-electron chi connectivity index (χ3n) is 12.7. The zero-order valence-corrected chi connectivity index (χ0v) is 34.5. The molecule has 30 nitrogen and oxygen atoms in total. The molecule has 66 heavy (non-hydrogen) atoms. The van der Waals surface area contributed by atoms with Crippen LogP contribution < -0.4 is 0 Å². The molecular weight excluding hydrogens is 912 g/mol. The summed E-state index contributed by atoms with van der Waals surface area (Å²) in [6.45, 7) is -5.99. The lowest BCUT2D eigenvalue weighted by Gasteiger charge is -2.50. The van der Waals surface area contributed by atoms with E-state index in [-0.39, 0.29) is 0 Å². The van der Waals surface area contributed by atoms with E-state index in [4.69, 9.17) is 56.8 Å². The fourth-order valence-electron chi connectivity index (χ4n) is 8.93. The van der Waals surface area contributed by atoms with E-state index in [0.717, 1.165) is 0 Å². The summed E-state index contributed by atoms with van der Waals surface area (Å²) in [6.07, 6.45) is -58.5. The van der Waals surface area contributed by atoms with E-state index in [2.05, 4.69) is 0 Å². The molecule has 18 N–H and O–H groups in total. The predicted molar refractivity (Wildman–Crippen MR) is 196 cm³/mol. The molecule has 22 aliphatic heterocycles. The van der Waals surface area contributed by atoms with Crippen molar-refractivity contribution in [2.75, 3.05) is 39.6 Å². The molecule has 0 aliphatic carbocycles. The molecule has 22 heterocycles. The van der Waals surface area contributed by atoms with Gasteiger partial charge in [0.2, 0.25) is 0 Å². The predicted octanol–water partition coefficient (Wildman–Crippen LogP) is -13.1. The molecule has 0 radical (unpaired) electrons. The summed E-state index contributed by atoms with van der Waals surface area (Å²) in [7, 11) is 0. The minimum Gasteiger partial charge on any atom is -0.394 e. The van der Waals surface area contributed by atoms with Gasteiger partial charge in [0.1, 0.15) is 146 Å². The highest BCUT2D eigenvalue weighted by molar-refractivity contribution is 5.01. The van der Waals surface area contributed by atoms with E-state index < -0.39 is 224 Å². The molecule has 384 valence electrons. The number of hydrogen-bond acceptors (Lipinski definition) is 30. The largest absolute Gasteiger partial charge is 0.394 e. The molecule has 30 heteroatoms. The average molecular weight is 973 g/mol. The molecule has 0 aromatic heterocycles. The van der Waals surface area contributed by atoms with Crippen LogP contribution in [-0.4, -0.2) is 316 Å². The Morgan fingerprint density at radius 1 is 0.182 bits per heavy atom. The molecule has 30 atom stereocenters. The maximum Gasteiger partial charge on any atom is 0.187 e. The maximum atomic E-state index is 11.2. The second-order valence-corrected chi connectivity index (χ2v) is 16.8. The van der Waals surface area contributed by atoms with E-state index in [0.29, 0.717) is 0 Å². The molecule has 22 fully saturated rings. The molecule has 12 bridgehead atoms. The summed E-state index contributed by atoms with van der Waals surface area (Å²) in [6, 6.07) is 0. The highest BCUT2D eigenvalue weighted by atomic mass is 16.8. The first-order valence-electron chi connectivity index (χ1n) is 21.1. The fourth-order valence-corrected chi connectivity index (χ4v) is 8.93. The molecule has 1 unspecified atom stereocenters. The molecule has 0 aromatic carbocycles. The first-order valence-corrected chi connectivity index (χ1v) is 21.1. The van der Waals surface area contributed by atoms with Crippen LogP contribution in [0.3, 0.4) is 0 Å². The molecule has 0 aromatic rings. The fraction of sp³-hybridized carbons (Fsp3) is 1.00. The standard InChI is InChI=1S/C36H60O30/c37-1-7-25-13(43)19(49)31(55-7)62-26-8(2-38)57-33(21(51)15(26)45)64-28-10(4-40)59-35(23(53)17(28)47)66-30-12(6-42)60-36(24(54)18(30)48)65-29-11(5-41)58-34(22(52)16(29)46)63-27-9(3-39)56-32(61-25)20(50)14(27)44/h7-54H,1-6H2/t7-,8-,9-,10-,11-,12-,13-,14-,15-,16-,17-,18-,19-,20-,21-,22-,23-,24-,25-,26-,27-,28-,29-,30?,31-,32-,33-,34-,35-,36-/m1/s1. The van der Waals surface area contributed by atoms with E-state index in [9.17, 15) is 91.9 Å². The van der Waals surface area contributed by atoms with E-state index >= 15 is 0 Å². The first kappa shape index (κ1) is 52.6. The van der Waals surface area contributed by atoms with Gasteiger partial charge in [0.25, 0.3) is 0 Å². The smallest absolute Gasteiger partial charge is 0.187 e. The van der Waals surface area contributed by atoms with Crippen molar-refractivity contribution in [3.8, 4) is 0 Å². The Morgan fingerprint density at radius 3 is 0.409 bits per heavy atom. The van der Waals surface area contributed by atoms with E-state index in [1.165, 1.54) is 0 Å². The lowest BCUT2D eigenvalue weighted by atomic mass is 9.94. The number of ether oxygens (including phenoxy) is 12. The number of rotatable bonds is 6. The van der Waals surface area contributed by atoms with Crippen molar-refractivity contribution < 1.29 is 149 Å². The SMILES string of the molecule is OC[C@H]1O[C@@H]2O[C@H]3[C@H](O)[C@@H](O)[C@@H](O[C@H]4[C@H](O)[C@@H](O)[C@@H](O[C@H]5[C@H](O)[C@@H](O)[C@@H](O[C@H]6[C@H](O)[C@@H](O)[C@@H](O[C@H]7[C@H](O)[C@@H](O)[C@@H](OC1[C@H](O)[C@H]2O)O[C@@H]7CO)O[C@@H]6CO)O[C@@H]5CO)O[C@@H]4CO)O[C@@H]3CO. The third kappa shape index (κ3) is 10.0. The van der Waals surface area contributed by atoms with Crippen LogP contribution in [0.2, 0.25) is 0 Å². The van der Waals surface area contributed by atoms with Crippen molar-refractivity contribution >= 4 is 0 Å². The minimum absolute atomic E-state index is 0.999. The Kier molecular flexibility index (Phi) is 17.6. The van der Waals surface area contributed by atoms with Crippen LogP contribution in [0.4, 0.5) is 0 Å². The van der Waals surface area contributed by atoms with Crippen molar-refractivity contribution in [2.45, 2.75) is 184 Å². The number of aliphatic hydroxyl groups is 18. The normalized spacial score (nSPS) is 55.4. The molecule has 22 saturated heterocycles. The Bertz CT molecular complexity index is 1230. The summed E-state index contributed by atoms with van der Waals surface area (Å²) in [5.74, 6) is 0. The third-order valence-corrected chi connectivity index (χ3v) is 12.7. The van der Waals surface area contributed by atoms with E-state index in [1.807, 2.05) is 0 Å². The Hall–Kier alpha value is -1.20. The Labute approximate surface area is 372 Å². The van der Waals surface area contributed by atoms with Gasteiger partial charge in [0, 0.05) is 0 Å². The van der Waals surface area contributed by atoms with Crippen molar-refractivity contribution in [3.63, 3.8) is 0 Å². The van der Waals surface area contributed by atoms with Gasteiger partial charge < -0.3 is 149 Å². The van der Waals surface area contributed by atoms with Crippen LogP contribution in [0.1, 0.15) is 0 Å². The Morgan fingerprint density at radius 2 is 0.303 bits per heavy atom. The van der Waals surface area contributed by atoms with E-state index in [1.54, 1.807) is 0 Å². The summed E-state index contributed by atoms with van der Waals surface area (Å²) in [4.78, 5) is 0. The molecule has 22 aliphatic rings. The first-order chi connectivity index (χ1) is 31.4. The quantitative estimate of drug-likeness (QED) is 0.117. The van der Waals surface area contributed by atoms with Gasteiger partial charge in [-0.15, -0.1) is 0 Å². The molecular formula is C36H60O30. The highest BCUT2D eigenvalue weighted by Crippen LogP contribution is 2.38. The Balaban J connectivity index is 1.19. The maximum absolute atomic E-state index is 11.2. The molecule has 0 spiro atoms. The van der Waals surface area contributed by atoms with Crippen molar-refractivity contribution in [1.82, 2.24) is 0 Å². The van der Waals surface area contributed by atoms with Gasteiger partial charge in [-0.3, -0.25) is 0 Å². The van der Waals surface area contributed by atoms with Crippen molar-refractivity contribution in [3.05, 3.63) is 0 Å². The van der Waals surface area contributed by atoms with Gasteiger partial charge in [-0.1, -0.05) is 0 Å². The zero-order valence-electron chi connectivity index (χ0n) is 34.5. The second kappa shape index (κ2) is 22.1. The molecule has 22 rings (SSSR count). The lowest BCUT2D eigenvalue weighted by Crippen LogP contribution is -2.69. The van der Waals surface area contributed by atoms with Gasteiger partial charge >= 0.3 is 0 Å². The summed E-state index contributed by atoms with van der Waals surface area (Å²) in [5.41, 5.74) is 0. The van der Waals surface area contributed by atoms with Crippen LogP contribution >= 0.6 is 0 Å². The lowest BCUT2D eigenvalue weighted by molar-refractivity contribution is -0.404. The van der Waals surface area contributed by atoms with Crippen LogP contribution in [0, 0.1) is 0 Å². The van der Waals surface area contributed by atoms with Gasteiger partial charge in [-0.25, -0.2) is 0 Å². The molecule has 0 amide bonds. The van der Waals surface area contributed by atoms with Crippen molar-refractivity contribution in [1.29, 1.82) is 0 Å². The van der Waals surface area contributed by atoms with Crippen LogP contribution in [0.15, 0.2) is 0 Å². The number of hydrogen-bond donors (Lipinski definition) is 18. The van der Waals surface area contributed by atoms with Gasteiger partial charge in [-0.2, -0.15) is 0 Å². The summed E-state index contributed by atoms with van der Waals surface area (Å²) < 4.78 is 67.9. The minimum atomic E-state index is -2.15. The van der Waals surface area contributed by atoms with Crippen LogP contribution in [0.25, 0.3) is 0 Å². The van der Waals surface area contributed by atoms with Crippen LogP contribution in [-0.2, 0) is 56.8 Å². The monoisotopic (exact) mass is 972 g/mol. The van der Waals surface area contributed by atoms with Crippen molar-refractivity contribution in [2.24, 2.45) is 0 Å². The molecule has 0 saturated carbocycles.